The molecule has 5 nitrogen and oxygen atoms in total. The van der Waals surface area contributed by atoms with Gasteiger partial charge in [0.2, 0.25) is 0 Å². The highest BCUT2D eigenvalue weighted by Crippen LogP contribution is 2.15. The first-order valence-corrected chi connectivity index (χ1v) is 25.9. The first-order valence-electron chi connectivity index (χ1n) is 25.9. The van der Waals surface area contributed by atoms with Crippen LogP contribution in [0, 0.1) is 0 Å². The van der Waals surface area contributed by atoms with Crippen molar-refractivity contribution in [3.8, 4) is 0 Å². The van der Waals surface area contributed by atoms with Gasteiger partial charge in [-0.2, -0.15) is 0 Å². The maximum Gasteiger partial charge on any atom is 0.306 e. The summed E-state index contributed by atoms with van der Waals surface area (Å²) in [4.78, 5) is 25.3. The van der Waals surface area contributed by atoms with E-state index >= 15 is 0 Å². The number of hydrogen-bond acceptors (Lipinski definition) is 5. The van der Waals surface area contributed by atoms with Crippen LogP contribution >= 0.6 is 0 Å². The van der Waals surface area contributed by atoms with Gasteiger partial charge in [-0.25, -0.2) is 0 Å². The quantitative estimate of drug-likeness (QED) is 0.0348. The van der Waals surface area contributed by atoms with Crippen molar-refractivity contribution in [3.05, 3.63) is 24.3 Å². The Hall–Kier alpha value is -1.62. The van der Waals surface area contributed by atoms with E-state index in [4.69, 9.17) is 14.2 Å². The van der Waals surface area contributed by atoms with Gasteiger partial charge in [0.25, 0.3) is 0 Å². The van der Waals surface area contributed by atoms with Crippen molar-refractivity contribution in [2.24, 2.45) is 0 Å². The molecule has 0 aromatic rings. The summed E-state index contributed by atoms with van der Waals surface area (Å²) >= 11 is 0. The average molecular weight is 817 g/mol. The lowest BCUT2D eigenvalue weighted by Gasteiger charge is -2.18. The topological polar surface area (TPSA) is 61.8 Å². The summed E-state index contributed by atoms with van der Waals surface area (Å²) in [5, 5.41) is 0. The summed E-state index contributed by atoms with van der Waals surface area (Å²) in [7, 11) is 0. The molecule has 0 saturated carbocycles. The molecule has 5 heteroatoms. The molecule has 0 aromatic heterocycles. The van der Waals surface area contributed by atoms with Crippen LogP contribution in [0.2, 0.25) is 0 Å². The van der Waals surface area contributed by atoms with Crippen molar-refractivity contribution in [1.82, 2.24) is 0 Å². The minimum atomic E-state index is -0.533. The molecule has 342 valence electrons. The third-order valence-electron chi connectivity index (χ3n) is 11.5. The van der Waals surface area contributed by atoms with Crippen LogP contribution in [0.15, 0.2) is 24.3 Å². The molecule has 0 aliphatic rings. The van der Waals surface area contributed by atoms with Gasteiger partial charge in [-0.3, -0.25) is 9.59 Å². The Balaban J connectivity index is 4.16. The average Bonchev–Trinajstić information content (AvgIpc) is 3.22. The molecule has 0 radical (unpaired) electrons. The van der Waals surface area contributed by atoms with Crippen LogP contribution in [0.25, 0.3) is 0 Å². The van der Waals surface area contributed by atoms with Crippen molar-refractivity contribution >= 4 is 11.9 Å². The van der Waals surface area contributed by atoms with E-state index in [9.17, 15) is 9.59 Å². The second-order valence-electron chi connectivity index (χ2n) is 17.4. The molecule has 0 aliphatic carbocycles. The molecule has 58 heavy (non-hydrogen) atoms. The van der Waals surface area contributed by atoms with E-state index in [1.165, 1.54) is 199 Å². The van der Waals surface area contributed by atoms with E-state index < -0.39 is 6.10 Å². The monoisotopic (exact) mass is 817 g/mol. The molecule has 1 unspecified atom stereocenters. The van der Waals surface area contributed by atoms with E-state index in [0.29, 0.717) is 26.1 Å². The summed E-state index contributed by atoms with van der Waals surface area (Å²) in [6, 6.07) is 0. The zero-order chi connectivity index (χ0) is 42.1. The van der Waals surface area contributed by atoms with Crippen LogP contribution in [0.4, 0.5) is 0 Å². The standard InChI is InChI=1S/C53H100O5/c1-4-7-10-13-16-19-22-24-25-26-27-28-29-30-32-34-37-40-43-46-52(54)57-50-51(49-56-48-45-42-39-36-33-23-20-17-14-11-8-5-2)58-53(55)47-44-41-38-35-31-21-18-15-12-9-6-3/h15,18,24-25,51H,4-14,16-17,19-23,26-50H2,1-3H3/b18-15-,25-24-. The summed E-state index contributed by atoms with van der Waals surface area (Å²) < 4.78 is 17.4. The number of unbranched alkanes of at least 4 members (excludes halogenated alkanes) is 33. The predicted octanol–water partition coefficient (Wildman–Crippen LogP) is 17.2. The van der Waals surface area contributed by atoms with Crippen LogP contribution < -0.4 is 0 Å². The van der Waals surface area contributed by atoms with Crippen LogP contribution in [0.3, 0.4) is 0 Å². The Kier molecular flexibility index (Phi) is 48.4. The van der Waals surface area contributed by atoms with Crippen molar-refractivity contribution in [1.29, 1.82) is 0 Å². The number of carbonyl (C=O) groups is 2. The minimum Gasteiger partial charge on any atom is -0.462 e. The SMILES string of the molecule is CCCC/C=C\CCCCCCCC(=O)OC(COCCCCCCCCCCCCCC)COC(=O)CCCCCCCCCCC/C=C\CCCCCCCC. The van der Waals surface area contributed by atoms with Gasteiger partial charge in [0, 0.05) is 19.4 Å². The third kappa shape index (κ3) is 47.1. The lowest BCUT2D eigenvalue weighted by Crippen LogP contribution is -2.30. The fourth-order valence-electron chi connectivity index (χ4n) is 7.55. The van der Waals surface area contributed by atoms with Gasteiger partial charge in [0.15, 0.2) is 6.10 Å². The molecule has 0 bridgehead atoms. The van der Waals surface area contributed by atoms with Gasteiger partial charge in [-0.1, -0.05) is 225 Å². The highest BCUT2D eigenvalue weighted by molar-refractivity contribution is 5.70. The number of ether oxygens (including phenoxy) is 3. The summed E-state index contributed by atoms with van der Waals surface area (Å²) in [5.74, 6) is -0.396. The molecular formula is C53H100O5. The zero-order valence-corrected chi connectivity index (χ0v) is 39.3. The Morgan fingerprint density at radius 1 is 0.362 bits per heavy atom. The normalized spacial score (nSPS) is 12.3. The number of carbonyl (C=O) groups excluding carboxylic acids is 2. The number of hydrogen-bond donors (Lipinski definition) is 0. The summed E-state index contributed by atoms with van der Waals surface area (Å²) in [5.41, 5.74) is 0. The summed E-state index contributed by atoms with van der Waals surface area (Å²) in [6.07, 6.45) is 57.5. The fraction of sp³-hybridized carbons (Fsp3) is 0.887. The molecule has 0 fully saturated rings. The Morgan fingerprint density at radius 2 is 0.690 bits per heavy atom. The summed E-state index contributed by atoms with van der Waals surface area (Å²) in [6.45, 7) is 7.82. The van der Waals surface area contributed by atoms with Crippen LogP contribution in [0.1, 0.15) is 278 Å². The van der Waals surface area contributed by atoms with E-state index in [1.807, 2.05) is 0 Å². The molecular weight excluding hydrogens is 717 g/mol. The van der Waals surface area contributed by atoms with E-state index in [0.717, 1.165) is 44.9 Å². The largest absolute Gasteiger partial charge is 0.462 e. The van der Waals surface area contributed by atoms with Crippen LogP contribution in [0.5, 0.6) is 0 Å². The van der Waals surface area contributed by atoms with Gasteiger partial charge in [0.05, 0.1) is 6.61 Å². The van der Waals surface area contributed by atoms with E-state index in [-0.39, 0.29) is 18.5 Å². The zero-order valence-electron chi connectivity index (χ0n) is 39.3. The molecule has 0 heterocycles. The Morgan fingerprint density at radius 3 is 1.10 bits per heavy atom. The highest BCUT2D eigenvalue weighted by Gasteiger charge is 2.17. The van der Waals surface area contributed by atoms with Gasteiger partial charge in [-0.15, -0.1) is 0 Å². The lowest BCUT2D eigenvalue weighted by atomic mass is 10.1. The Bertz CT molecular complexity index is 882. The van der Waals surface area contributed by atoms with Crippen molar-refractivity contribution in [2.75, 3.05) is 19.8 Å². The molecule has 0 aromatic carbocycles. The van der Waals surface area contributed by atoms with Crippen molar-refractivity contribution < 1.29 is 23.8 Å². The maximum absolute atomic E-state index is 12.7. The van der Waals surface area contributed by atoms with Gasteiger partial charge in [0.1, 0.15) is 6.61 Å². The van der Waals surface area contributed by atoms with Crippen LogP contribution in [-0.4, -0.2) is 37.9 Å². The van der Waals surface area contributed by atoms with Gasteiger partial charge < -0.3 is 14.2 Å². The molecule has 0 aliphatic heterocycles. The van der Waals surface area contributed by atoms with Gasteiger partial charge >= 0.3 is 11.9 Å². The lowest BCUT2D eigenvalue weighted by molar-refractivity contribution is -0.163. The van der Waals surface area contributed by atoms with Crippen LogP contribution in [-0.2, 0) is 23.8 Å². The third-order valence-corrected chi connectivity index (χ3v) is 11.5. The number of esters is 2. The molecule has 0 N–H and O–H groups in total. The van der Waals surface area contributed by atoms with Crippen molar-refractivity contribution in [3.63, 3.8) is 0 Å². The minimum absolute atomic E-state index is 0.0870. The molecule has 1 atom stereocenters. The second-order valence-corrected chi connectivity index (χ2v) is 17.4. The molecule has 0 spiro atoms. The number of allylic oxidation sites excluding steroid dienone is 4. The first-order chi connectivity index (χ1) is 28.6. The highest BCUT2D eigenvalue weighted by atomic mass is 16.6. The molecule has 0 amide bonds. The second kappa shape index (κ2) is 49.7. The fourth-order valence-corrected chi connectivity index (χ4v) is 7.55. The Labute approximate surface area is 362 Å². The van der Waals surface area contributed by atoms with Gasteiger partial charge in [-0.05, 0) is 64.2 Å². The van der Waals surface area contributed by atoms with Crippen molar-refractivity contribution in [2.45, 2.75) is 284 Å². The van der Waals surface area contributed by atoms with E-state index in [1.54, 1.807) is 0 Å². The van der Waals surface area contributed by atoms with E-state index in [2.05, 4.69) is 45.1 Å². The molecule has 0 rings (SSSR count). The predicted molar refractivity (Wildman–Crippen MR) is 252 cm³/mol. The number of rotatable bonds is 48. The molecule has 0 saturated heterocycles. The smallest absolute Gasteiger partial charge is 0.306 e. The first kappa shape index (κ1) is 56.4. The maximum atomic E-state index is 12.7.